The number of ether oxygens (including phenoxy) is 1. The summed E-state index contributed by atoms with van der Waals surface area (Å²) in [7, 11) is 0. The SMILES string of the molecule is CC(C)(C)OC(=O)c1cc(N=[N+]=[N-])cc(N2CCNCC2)c1. The van der Waals surface area contributed by atoms with E-state index in [1.807, 2.05) is 20.8 Å². The van der Waals surface area contributed by atoms with Crippen molar-refractivity contribution in [3.05, 3.63) is 34.2 Å². The topological polar surface area (TPSA) is 90.3 Å². The monoisotopic (exact) mass is 303 g/mol. The number of anilines is 1. The molecule has 1 heterocycles. The number of piperazine rings is 1. The van der Waals surface area contributed by atoms with Crippen LogP contribution in [-0.2, 0) is 4.74 Å². The molecule has 1 aliphatic heterocycles. The molecule has 0 aromatic heterocycles. The lowest BCUT2D eigenvalue weighted by Gasteiger charge is -2.30. The molecule has 1 N–H and O–H groups in total. The predicted molar refractivity (Wildman–Crippen MR) is 85.5 cm³/mol. The van der Waals surface area contributed by atoms with E-state index in [0.29, 0.717) is 11.3 Å². The van der Waals surface area contributed by atoms with Gasteiger partial charge in [0.05, 0.1) is 5.56 Å². The van der Waals surface area contributed by atoms with Gasteiger partial charge in [0.25, 0.3) is 0 Å². The summed E-state index contributed by atoms with van der Waals surface area (Å²) in [5.74, 6) is -0.418. The molecule has 0 unspecified atom stereocenters. The molecule has 0 bridgehead atoms. The van der Waals surface area contributed by atoms with Gasteiger partial charge in [0.2, 0.25) is 0 Å². The minimum Gasteiger partial charge on any atom is -0.456 e. The zero-order valence-corrected chi connectivity index (χ0v) is 13.2. The van der Waals surface area contributed by atoms with Crippen LogP contribution in [0.2, 0.25) is 0 Å². The highest BCUT2D eigenvalue weighted by molar-refractivity contribution is 5.92. The van der Waals surface area contributed by atoms with Crippen LogP contribution < -0.4 is 10.2 Å². The molecule has 2 rings (SSSR count). The highest BCUT2D eigenvalue weighted by Gasteiger charge is 2.20. The molecule has 118 valence electrons. The summed E-state index contributed by atoms with van der Waals surface area (Å²) >= 11 is 0. The average molecular weight is 303 g/mol. The van der Waals surface area contributed by atoms with Crippen LogP contribution in [-0.4, -0.2) is 37.7 Å². The number of rotatable bonds is 3. The molecule has 1 fully saturated rings. The number of benzene rings is 1. The molecular weight excluding hydrogens is 282 g/mol. The highest BCUT2D eigenvalue weighted by atomic mass is 16.6. The first-order valence-corrected chi connectivity index (χ1v) is 7.28. The quantitative estimate of drug-likeness (QED) is 0.402. The summed E-state index contributed by atoms with van der Waals surface area (Å²) in [6, 6.07) is 5.13. The molecule has 7 nitrogen and oxygen atoms in total. The molecule has 1 aromatic rings. The zero-order chi connectivity index (χ0) is 16.2. The first-order chi connectivity index (χ1) is 10.4. The van der Waals surface area contributed by atoms with Gasteiger partial charge in [0.15, 0.2) is 0 Å². The number of carbonyl (C=O) groups is 1. The van der Waals surface area contributed by atoms with E-state index in [2.05, 4.69) is 20.2 Å². The number of carbonyl (C=O) groups excluding carboxylic acids is 1. The Morgan fingerprint density at radius 3 is 2.59 bits per heavy atom. The van der Waals surface area contributed by atoms with Crippen LogP contribution in [0.15, 0.2) is 23.3 Å². The number of nitrogens with one attached hydrogen (secondary N) is 1. The summed E-state index contributed by atoms with van der Waals surface area (Å²) in [5, 5.41) is 6.91. The van der Waals surface area contributed by atoms with Crippen LogP contribution in [0.5, 0.6) is 0 Å². The number of azide groups is 1. The maximum absolute atomic E-state index is 12.3. The Bertz CT molecular complexity index is 596. The van der Waals surface area contributed by atoms with Crippen molar-refractivity contribution in [3.8, 4) is 0 Å². The lowest BCUT2D eigenvalue weighted by molar-refractivity contribution is 0.00696. The molecular formula is C15H21N5O2. The van der Waals surface area contributed by atoms with Crippen molar-refractivity contribution in [2.75, 3.05) is 31.1 Å². The van der Waals surface area contributed by atoms with Crippen molar-refractivity contribution in [2.24, 2.45) is 5.11 Å². The Labute approximate surface area is 129 Å². The average Bonchev–Trinajstić information content (AvgIpc) is 2.46. The van der Waals surface area contributed by atoms with Crippen molar-refractivity contribution in [2.45, 2.75) is 26.4 Å². The Hall–Kier alpha value is -2.24. The van der Waals surface area contributed by atoms with E-state index < -0.39 is 11.6 Å². The second-order valence-electron chi connectivity index (χ2n) is 6.17. The van der Waals surface area contributed by atoms with Gasteiger partial charge in [-0.25, -0.2) is 4.79 Å². The Kier molecular flexibility index (Phi) is 4.90. The predicted octanol–water partition coefficient (Wildman–Crippen LogP) is 2.99. The number of nitrogens with zero attached hydrogens (tertiary/aromatic N) is 4. The van der Waals surface area contributed by atoms with E-state index in [-0.39, 0.29) is 0 Å². The van der Waals surface area contributed by atoms with Gasteiger partial charge in [-0.3, -0.25) is 0 Å². The molecule has 1 aromatic carbocycles. The van der Waals surface area contributed by atoms with Gasteiger partial charge in [0.1, 0.15) is 5.60 Å². The molecule has 1 aliphatic rings. The zero-order valence-electron chi connectivity index (χ0n) is 13.2. The fourth-order valence-corrected chi connectivity index (χ4v) is 2.27. The maximum Gasteiger partial charge on any atom is 0.338 e. The second-order valence-corrected chi connectivity index (χ2v) is 6.17. The van der Waals surface area contributed by atoms with Crippen LogP contribution in [0.1, 0.15) is 31.1 Å². The van der Waals surface area contributed by atoms with Crippen molar-refractivity contribution in [3.63, 3.8) is 0 Å². The van der Waals surface area contributed by atoms with Gasteiger partial charge >= 0.3 is 5.97 Å². The van der Waals surface area contributed by atoms with Gasteiger partial charge in [-0.1, -0.05) is 5.11 Å². The van der Waals surface area contributed by atoms with Gasteiger partial charge in [0, 0.05) is 42.5 Å². The van der Waals surface area contributed by atoms with E-state index in [0.717, 1.165) is 31.9 Å². The maximum atomic E-state index is 12.3. The molecule has 0 spiro atoms. The molecule has 1 saturated heterocycles. The van der Waals surface area contributed by atoms with Crippen LogP contribution >= 0.6 is 0 Å². The van der Waals surface area contributed by atoms with Crippen LogP contribution in [0.3, 0.4) is 0 Å². The van der Waals surface area contributed by atoms with Crippen LogP contribution in [0.4, 0.5) is 11.4 Å². The number of hydrogen-bond acceptors (Lipinski definition) is 5. The summed E-state index contributed by atoms with van der Waals surface area (Å²) < 4.78 is 5.39. The fourth-order valence-electron chi connectivity index (χ4n) is 2.27. The Morgan fingerprint density at radius 1 is 1.32 bits per heavy atom. The summed E-state index contributed by atoms with van der Waals surface area (Å²) in [6.07, 6.45) is 0. The normalized spacial score (nSPS) is 15.1. The second kappa shape index (κ2) is 6.68. The van der Waals surface area contributed by atoms with Crippen LogP contribution in [0.25, 0.3) is 10.4 Å². The summed E-state index contributed by atoms with van der Waals surface area (Å²) in [4.78, 5) is 17.2. The summed E-state index contributed by atoms with van der Waals surface area (Å²) in [5.41, 5.74) is 9.77. The van der Waals surface area contributed by atoms with Crippen molar-refractivity contribution in [1.82, 2.24) is 5.32 Å². The molecule has 0 atom stereocenters. The lowest BCUT2D eigenvalue weighted by Crippen LogP contribution is -2.43. The van der Waals surface area contributed by atoms with Crippen molar-refractivity contribution >= 4 is 17.3 Å². The first-order valence-electron chi connectivity index (χ1n) is 7.28. The Morgan fingerprint density at radius 2 is 2.00 bits per heavy atom. The fraction of sp³-hybridized carbons (Fsp3) is 0.533. The van der Waals surface area contributed by atoms with E-state index in [4.69, 9.17) is 10.3 Å². The van der Waals surface area contributed by atoms with Crippen molar-refractivity contribution in [1.29, 1.82) is 0 Å². The molecule has 7 heteroatoms. The first kappa shape index (κ1) is 16.1. The Balaban J connectivity index is 2.34. The number of esters is 1. The van der Waals surface area contributed by atoms with Gasteiger partial charge in [-0.05, 0) is 44.5 Å². The standard InChI is InChI=1S/C15H21N5O2/c1-15(2,3)22-14(21)11-8-12(18-19-16)10-13(9-11)20-6-4-17-5-7-20/h8-10,17H,4-7H2,1-3H3. The molecule has 0 amide bonds. The number of hydrogen-bond donors (Lipinski definition) is 1. The van der Waals surface area contributed by atoms with Crippen LogP contribution in [0, 0.1) is 0 Å². The third-order valence-corrected chi connectivity index (χ3v) is 3.18. The molecule has 22 heavy (non-hydrogen) atoms. The van der Waals surface area contributed by atoms with E-state index in [1.54, 1.807) is 18.2 Å². The third kappa shape index (κ3) is 4.38. The minimum absolute atomic E-state index is 0.397. The smallest absolute Gasteiger partial charge is 0.338 e. The van der Waals surface area contributed by atoms with E-state index in [1.165, 1.54) is 0 Å². The summed E-state index contributed by atoms with van der Waals surface area (Å²) in [6.45, 7) is 8.90. The van der Waals surface area contributed by atoms with Gasteiger partial charge < -0.3 is 15.0 Å². The minimum atomic E-state index is -0.569. The van der Waals surface area contributed by atoms with E-state index in [9.17, 15) is 4.79 Å². The third-order valence-electron chi connectivity index (χ3n) is 3.18. The van der Waals surface area contributed by atoms with E-state index >= 15 is 0 Å². The largest absolute Gasteiger partial charge is 0.456 e. The lowest BCUT2D eigenvalue weighted by atomic mass is 10.1. The van der Waals surface area contributed by atoms with Crippen molar-refractivity contribution < 1.29 is 9.53 Å². The highest BCUT2D eigenvalue weighted by Crippen LogP contribution is 2.26. The molecule has 0 radical (unpaired) electrons. The molecule has 0 saturated carbocycles. The van der Waals surface area contributed by atoms with Gasteiger partial charge in [-0.2, -0.15) is 0 Å². The van der Waals surface area contributed by atoms with Gasteiger partial charge in [-0.15, -0.1) is 0 Å². The molecule has 0 aliphatic carbocycles.